The van der Waals surface area contributed by atoms with Gasteiger partial charge < -0.3 is 9.47 Å². The molecule has 0 aliphatic heterocycles. The van der Waals surface area contributed by atoms with E-state index in [9.17, 15) is 4.39 Å². The summed E-state index contributed by atoms with van der Waals surface area (Å²) in [5.41, 5.74) is 0. The minimum absolute atomic E-state index is 0.120. The van der Waals surface area contributed by atoms with Gasteiger partial charge in [-0.25, -0.2) is 4.39 Å². The second-order valence-electron chi connectivity index (χ2n) is 2.16. The molecular weight excluding hydrogens is 295 g/mol. The Labute approximate surface area is 89.1 Å². The van der Waals surface area contributed by atoms with E-state index in [0.717, 1.165) is 0 Å². The van der Waals surface area contributed by atoms with Gasteiger partial charge in [-0.15, -0.1) is 0 Å². The molecule has 0 radical (unpaired) electrons. The molecule has 0 fully saturated rings. The average Bonchev–Trinajstić information content (AvgIpc) is 1.84. The van der Waals surface area contributed by atoms with E-state index >= 15 is 0 Å². The molecule has 0 saturated carbocycles. The van der Waals surface area contributed by atoms with Crippen molar-refractivity contribution in [1.29, 1.82) is 0 Å². The largest absolute Gasteiger partial charge is 0.353 e. The molecule has 0 heterocycles. The minimum Gasteiger partial charge on any atom is -0.353 e. The summed E-state index contributed by atoms with van der Waals surface area (Å²) >= 11 is 5.62. The molecule has 0 N–H and O–H groups in total. The quantitative estimate of drug-likeness (QED) is 0.554. The Kier molecular flexibility index (Phi) is 6.72. The number of ether oxygens (including phenoxy) is 2. The van der Waals surface area contributed by atoms with Gasteiger partial charge in [0.05, 0.1) is 6.42 Å². The standard InChI is InChI=1S/C7H13Br2FO2/c1-3-11-6(12-4-2)5-7(8,9)10/h6H,3-5H2,1-2H3. The van der Waals surface area contributed by atoms with Crippen molar-refractivity contribution in [2.75, 3.05) is 13.2 Å². The third-order valence-electron chi connectivity index (χ3n) is 1.10. The van der Waals surface area contributed by atoms with Crippen molar-refractivity contribution in [3.63, 3.8) is 0 Å². The van der Waals surface area contributed by atoms with Crippen molar-refractivity contribution < 1.29 is 13.9 Å². The van der Waals surface area contributed by atoms with Crippen LogP contribution in [0.2, 0.25) is 0 Å². The average molecular weight is 308 g/mol. The second kappa shape index (κ2) is 6.29. The third-order valence-corrected chi connectivity index (χ3v) is 1.75. The molecule has 0 unspecified atom stereocenters. The summed E-state index contributed by atoms with van der Waals surface area (Å²) < 4.78 is 21.6. The lowest BCUT2D eigenvalue weighted by Crippen LogP contribution is -2.23. The van der Waals surface area contributed by atoms with Gasteiger partial charge >= 0.3 is 0 Å². The van der Waals surface area contributed by atoms with Crippen LogP contribution in [0.15, 0.2) is 0 Å². The monoisotopic (exact) mass is 306 g/mol. The molecule has 12 heavy (non-hydrogen) atoms. The Bertz CT molecular complexity index is 110. The summed E-state index contributed by atoms with van der Waals surface area (Å²) in [5.74, 6) is 0. The van der Waals surface area contributed by atoms with Gasteiger partial charge in [-0.05, 0) is 45.7 Å². The molecule has 0 rings (SSSR count). The van der Waals surface area contributed by atoms with Crippen LogP contribution in [0.3, 0.4) is 0 Å². The Morgan fingerprint density at radius 1 is 1.25 bits per heavy atom. The molecule has 0 aromatic carbocycles. The highest BCUT2D eigenvalue weighted by atomic mass is 79.9. The Morgan fingerprint density at radius 2 is 1.67 bits per heavy atom. The van der Waals surface area contributed by atoms with Gasteiger partial charge in [0.1, 0.15) is 0 Å². The second-order valence-corrected chi connectivity index (χ2v) is 5.74. The first-order valence-corrected chi connectivity index (χ1v) is 5.38. The van der Waals surface area contributed by atoms with E-state index in [4.69, 9.17) is 9.47 Å². The molecule has 0 bridgehead atoms. The molecule has 74 valence electrons. The number of hydrogen-bond donors (Lipinski definition) is 0. The van der Waals surface area contributed by atoms with E-state index in [1.165, 1.54) is 0 Å². The fraction of sp³-hybridized carbons (Fsp3) is 1.00. The van der Waals surface area contributed by atoms with E-state index in [1.54, 1.807) is 0 Å². The SMILES string of the molecule is CCOC(CC(F)(Br)Br)OCC. The highest BCUT2D eigenvalue weighted by molar-refractivity contribution is 9.25. The lowest BCUT2D eigenvalue weighted by Gasteiger charge is -2.20. The van der Waals surface area contributed by atoms with E-state index in [1.807, 2.05) is 13.8 Å². The van der Waals surface area contributed by atoms with Crippen LogP contribution in [0.25, 0.3) is 0 Å². The predicted molar refractivity (Wildman–Crippen MR) is 53.4 cm³/mol. The van der Waals surface area contributed by atoms with Crippen molar-refractivity contribution in [1.82, 2.24) is 0 Å². The molecule has 0 aliphatic carbocycles. The van der Waals surface area contributed by atoms with Gasteiger partial charge in [0.25, 0.3) is 0 Å². The van der Waals surface area contributed by atoms with Gasteiger partial charge in [-0.2, -0.15) is 0 Å². The molecule has 0 aromatic heterocycles. The van der Waals surface area contributed by atoms with Crippen LogP contribution in [0.5, 0.6) is 0 Å². The van der Waals surface area contributed by atoms with Crippen LogP contribution < -0.4 is 0 Å². The molecule has 0 atom stereocenters. The van der Waals surface area contributed by atoms with E-state index in [2.05, 4.69) is 31.9 Å². The number of rotatable bonds is 6. The van der Waals surface area contributed by atoms with E-state index in [-0.39, 0.29) is 6.42 Å². The molecule has 0 spiro atoms. The first kappa shape index (κ1) is 12.8. The van der Waals surface area contributed by atoms with Crippen LogP contribution >= 0.6 is 31.9 Å². The normalized spacial score (nSPS) is 12.5. The first-order valence-electron chi connectivity index (χ1n) is 3.79. The van der Waals surface area contributed by atoms with Crippen LogP contribution in [-0.2, 0) is 9.47 Å². The summed E-state index contributed by atoms with van der Waals surface area (Å²) in [5, 5.41) is 0. The first-order chi connectivity index (χ1) is 5.49. The highest BCUT2D eigenvalue weighted by Gasteiger charge is 2.26. The molecule has 0 saturated heterocycles. The van der Waals surface area contributed by atoms with Crippen molar-refractivity contribution >= 4 is 31.9 Å². The summed E-state index contributed by atoms with van der Waals surface area (Å²) in [4.78, 5) is 0. The van der Waals surface area contributed by atoms with Crippen molar-refractivity contribution in [3.8, 4) is 0 Å². The van der Waals surface area contributed by atoms with Gasteiger partial charge in [0, 0.05) is 13.2 Å². The Hall–Kier alpha value is 0.810. The van der Waals surface area contributed by atoms with Crippen molar-refractivity contribution in [2.45, 2.75) is 30.0 Å². The summed E-state index contributed by atoms with van der Waals surface area (Å²) in [6.07, 6.45) is -0.377. The summed E-state index contributed by atoms with van der Waals surface area (Å²) in [6, 6.07) is 0. The number of hydrogen-bond acceptors (Lipinski definition) is 2. The van der Waals surface area contributed by atoms with Gasteiger partial charge in [-0.1, -0.05) is 0 Å². The van der Waals surface area contributed by atoms with Crippen LogP contribution in [0, 0.1) is 0 Å². The van der Waals surface area contributed by atoms with Gasteiger partial charge in [0.2, 0.25) is 3.49 Å². The lowest BCUT2D eigenvalue weighted by atomic mass is 10.4. The van der Waals surface area contributed by atoms with Crippen molar-refractivity contribution in [2.24, 2.45) is 0 Å². The topological polar surface area (TPSA) is 18.5 Å². The van der Waals surface area contributed by atoms with E-state index < -0.39 is 9.78 Å². The Morgan fingerprint density at radius 3 is 1.92 bits per heavy atom. The zero-order valence-corrected chi connectivity index (χ0v) is 10.3. The predicted octanol–water partition coefficient (Wildman–Crippen LogP) is 3.19. The molecule has 5 heteroatoms. The maximum absolute atomic E-state index is 13.0. The van der Waals surface area contributed by atoms with Crippen LogP contribution in [0.4, 0.5) is 4.39 Å². The zero-order chi connectivity index (χ0) is 9.61. The number of halogens is 3. The minimum atomic E-state index is -1.60. The van der Waals surface area contributed by atoms with E-state index in [0.29, 0.717) is 13.2 Å². The summed E-state index contributed by atoms with van der Waals surface area (Å²) in [7, 11) is 0. The van der Waals surface area contributed by atoms with Crippen LogP contribution in [-0.4, -0.2) is 23.0 Å². The maximum atomic E-state index is 13.0. The smallest absolute Gasteiger partial charge is 0.223 e. The molecule has 0 amide bonds. The fourth-order valence-corrected chi connectivity index (χ4v) is 1.26. The third kappa shape index (κ3) is 7.46. The van der Waals surface area contributed by atoms with Gasteiger partial charge in [0.15, 0.2) is 6.29 Å². The molecule has 0 aliphatic rings. The van der Waals surface area contributed by atoms with Crippen molar-refractivity contribution in [3.05, 3.63) is 0 Å². The molecular formula is C7H13Br2FO2. The highest BCUT2D eigenvalue weighted by Crippen LogP contribution is 2.33. The number of alkyl halides is 3. The molecule has 0 aromatic rings. The lowest BCUT2D eigenvalue weighted by molar-refractivity contribution is -0.143. The van der Waals surface area contributed by atoms with Gasteiger partial charge in [-0.3, -0.25) is 0 Å². The fourth-order valence-electron chi connectivity index (χ4n) is 0.727. The van der Waals surface area contributed by atoms with Crippen LogP contribution in [0.1, 0.15) is 20.3 Å². The Balaban J connectivity index is 3.77. The summed E-state index contributed by atoms with van der Waals surface area (Å²) in [6.45, 7) is 4.71. The maximum Gasteiger partial charge on any atom is 0.223 e. The zero-order valence-electron chi connectivity index (χ0n) is 7.15. The molecule has 2 nitrogen and oxygen atoms in total.